The van der Waals surface area contributed by atoms with Gasteiger partial charge in [0.15, 0.2) is 5.78 Å². The number of Topliss-reactive ketones (excluding diaryl/α,β-unsaturated/α-hetero) is 1. The van der Waals surface area contributed by atoms with Gasteiger partial charge in [-0.25, -0.2) is 23.4 Å². The van der Waals surface area contributed by atoms with Gasteiger partial charge < -0.3 is 0 Å². The summed E-state index contributed by atoms with van der Waals surface area (Å²) in [6.07, 6.45) is 0.622. The summed E-state index contributed by atoms with van der Waals surface area (Å²) >= 11 is 0. The van der Waals surface area contributed by atoms with Gasteiger partial charge in [0, 0.05) is 23.9 Å². The monoisotopic (exact) mass is 368 g/mol. The van der Waals surface area contributed by atoms with Crippen LogP contribution in [0.4, 0.5) is 8.78 Å². The van der Waals surface area contributed by atoms with Crippen molar-refractivity contribution in [2.45, 2.75) is 39.5 Å². The molecule has 1 aromatic carbocycles. The second-order valence-electron chi connectivity index (χ2n) is 7.00. The van der Waals surface area contributed by atoms with Gasteiger partial charge in [0.05, 0.1) is 17.0 Å². The highest BCUT2D eigenvalue weighted by Gasteiger charge is 2.33. The number of carbonyl (C=O) groups excluding carboxylic acids is 1. The van der Waals surface area contributed by atoms with Crippen LogP contribution in [-0.4, -0.2) is 25.5 Å². The zero-order valence-electron chi connectivity index (χ0n) is 15.3. The van der Waals surface area contributed by atoms with Crippen molar-refractivity contribution < 1.29 is 13.6 Å². The molecule has 27 heavy (non-hydrogen) atoms. The van der Waals surface area contributed by atoms with E-state index in [1.165, 1.54) is 12.1 Å². The Morgan fingerprint density at radius 2 is 1.59 bits per heavy atom. The molecular weight excluding hydrogens is 350 g/mol. The fourth-order valence-corrected chi connectivity index (χ4v) is 3.77. The third-order valence-electron chi connectivity index (χ3n) is 4.82. The fourth-order valence-electron chi connectivity index (χ4n) is 3.77. The van der Waals surface area contributed by atoms with Gasteiger partial charge in [-0.2, -0.15) is 5.10 Å². The molecule has 0 radical (unpaired) electrons. The van der Waals surface area contributed by atoms with E-state index >= 15 is 0 Å². The van der Waals surface area contributed by atoms with Crippen molar-refractivity contribution in [3.8, 4) is 5.95 Å². The highest BCUT2D eigenvalue weighted by Crippen LogP contribution is 2.35. The number of benzene rings is 1. The highest BCUT2D eigenvalue weighted by molar-refractivity contribution is 6.00. The third-order valence-corrected chi connectivity index (χ3v) is 4.82. The first kappa shape index (κ1) is 17.5. The van der Waals surface area contributed by atoms with E-state index in [1.54, 1.807) is 11.6 Å². The summed E-state index contributed by atoms with van der Waals surface area (Å²) in [5.74, 6) is -1.30. The normalized spacial score (nSPS) is 16.5. The van der Waals surface area contributed by atoms with Crippen LogP contribution in [0.2, 0.25) is 0 Å². The predicted molar refractivity (Wildman–Crippen MR) is 95.1 cm³/mol. The Labute approximate surface area is 155 Å². The Hall–Kier alpha value is -2.96. The van der Waals surface area contributed by atoms with E-state index in [0.29, 0.717) is 34.9 Å². The van der Waals surface area contributed by atoms with Crippen LogP contribution in [0, 0.1) is 32.4 Å². The Morgan fingerprint density at radius 3 is 2.22 bits per heavy atom. The van der Waals surface area contributed by atoms with Gasteiger partial charge in [-0.05, 0) is 56.9 Å². The Morgan fingerprint density at radius 1 is 0.963 bits per heavy atom. The molecule has 4 rings (SSSR count). The summed E-state index contributed by atoms with van der Waals surface area (Å²) in [6.45, 7) is 5.51. The molecule has 0 saturated carbocycles. The van der Waals surface area contributed by atoms with Crippen molar-refractivity contribution in [1.82, 2.24) is 19.7 Å². The number of rotatable bonds is 2. The second kappa shape index (κ2) is 6.33. The van der Waals surface area contributed by atoms with E-state index in [0.717, 1.165) is 17.5 Å². The number of fused-ring (bicyclic) bond motifs is 1. The SMILES string of the molecule is Cc1cc(C)nc(-n2nc(C)c3c2CC(c2cc(F)cc(F)c2)CC3=O)n1. The van der Waals surface area contributed by atoms with Gasteiger partial charge in [-0.1, -0.05) is 0 Å². The first-order chi connectivity index (χ1) is 12.8. The van der Waals surface area contributed by atoms with E-state index in [9.17, 15) is 13.6 Å². The minimum atomic E-state index is -0.648. The van der Waals surface area contributed by atoms with Crippen LogP contribution in [0.25, 0.3) is 5.95 Å². The molecule has 0 bridgehead atoms. The molecule has 3 aromatic rings. The lowest BCUT2D eigenvalue weighted by molar-refractivity contribution is 0.0963. The third kappa shape index (κ3) is 3.13. The Bertz CT molecular complexity index is 1030. The van der Waals surface area contributed by atoms with E-state index in [1.807, 2.05) is 19.9 Å². The lowest BCUT2D eigenvalue weighted by Gasteiger charge is -2.23. The molecule has 2 aromatic heterocycles. The second-order valence-corrected chi connectivity index (χ2v) is 7.00. The zero-order chi connectivity index (χ0) is 19.3. The summed E-state index contributed by atoms with van der Waals surface area (Å²) in [6, 6.07) is 5.26. The molecule has 0 aliphatic heterocycles. The maximum Gasteiger partial charge on any atom is 0.251 e. The molecule has 0 N–H and O–H groups in total. The minimum absolute atomic E-state index is 0.0842. The van der Waals surface area contributed by atoms with Crippen LogP contribution in [-0.2, 0) is 6.42 Å². The van der Waals surface area contributed by atoms with E-state index < -0.39 is 11.6 Å². The standard InChI is InChI=1S/C20H18F2N4O/c1-10-4-11(2)24-20(23-10)26-17-7-14(8-18(27)19(17)12(3)25-26)13-5-15(21)9-16(22)6-13/h4-6,9,14H,7-8H2,1-3H3. The molecular formula is C20H18F2N4O. The van der Waals surface area contributed by atoms with Crippen molar-refractivity contribution in [2.24, 2.45) is 0 Å². The van der Waals surface area contributed by atoms with Crippen LogP contribution in [0.15, 0.2) is 24.3 Å². The van der Waals surface area contributed by atoms with Gasteiger partial charge in [0.25, 0.3) is 5.95 Å². The van der Waals surface area contributed by atoms with E-state index in [-0.39, 0.29) is 18.1 Å². The molecule has 5 nitrogen and oxygen atoms in total. The molecule has 2 heterocycles. The zero-order valence-corrected chi connectivity index (χ0v) is 15.3. The molecule has 0 spiro atoms. The number of ketones is 1. The van der Waals surface area contributed by atoms with Crippen LogP contribution in [0.5, 0.6) is 0 Å². The van der Waals surface area contributed by atoms with Gasteiger partial charge in [-0.3, -0.25) is 4.79 Å². The molecule has 0 saturated heterocycles. The largest absolute Gasteiger partial charge is 0.294 e. The summed E-state index contributed by atoms with van der Waals surface area (Å²) < 4.78 is 28.9. The first-order valence-corrected chi connectivity index (χ1v) is 8.72. The van der Waals surface area contributed by atoms with Crippen molar-refractivity contribution >= 4 is 5.78 Å². The summed E-state index contributed by atoms with van der Waals surface area (Å²) in [5.41, 5.74) is 3.92. The topological polar surface area (TPSA) is 60.7 Å². The average Bonchev–Trinajstić information content (AvgIpc) is 2.90. The van der Waals surface area contributed by atoms with Gasteiger partial charge in [0.2, 0.25) is 0 Å². The maximum atomic E-state index is 13.7. The number of hydrogen-bond donors (Lipinski definition) is 0. The lowest BCUT2D eigenvalue weighted by atomic mass is 9.81. The van der Waals surface area contributed by atoms with Gasteiger partial charge in [-0.15, -0.1) is 0 Å². The number of aromatic nitrogens is 4. The molecule has 0 fully saturated rings. The van der Waals surface area contributed by atoms with Gasteiger partial charge in [0.1, 0.15) is 11.6 Å². The van der Waals surface area contributed by atoms with Crippen LogP contribution >= 0.6 is 0 Å². The highest BCUT2D eigenvalue weighted by atomic mass is 19.1. The summed E-state index contributed by atoms with van der Waals surface area (Å²) in [7, 11) is 0. The van der Waals surface area contributed by atoms with Crippen molar-refractivity contribution in [2.75, 3.05) is 0 Å². The van der Waals surface area contributed by atoms with Crippen molar-refractivity contribution in [3.63, 3.8) is 0 Å². The number of hydrogen-bond acceptors (Lipinski definition) is 4. The summed E-state index contributed by atoms with van der Waals surface area (Å²) in [5, 5.41) is 4.48. The smallest absolute Gasteiger partial charge is 0.251 e. The number of nitrogens with zero attached hydrogens (tertiary/aromatic N) is 4. The molecule has 1 unspecified atom stereocenters. The summed E-state index contributed by atoms with van der Waals surface area (Å²) in [4.78, 5) is 21.6. The number of halogens is 2. The quantitative estimate of drug-likeness (QED) is 0.691. The van der Waals surface area contributed by atoms with Crippen LogP contribution in [0.1, 0.15) is 51.0 Å². The average molecular weight is 368 g/mol. The molecule has 1 aliphatic rings. The lowest BCUT2D eigenvalue weighted by Crippen LogP contribution is -2.21. The van der Waals surface area contributed by atoms with E-state index in [4.69, 9.17) is 0 Å². The number of carbonyl (C=O) groups is 1. The van der Waals surface area contributed by atoms with E-state index in [2.05, 4.69) is 15.1 Å². The number of aryl methyl sites for hydroxylation is 3. The molecule has 1 aliphatic carbocycles. The van der Waals surface area contributed by atoms with Crippen LogP contribution < -0.4 is 0 Å². The fraction of sp³-hybridized carbons (Fsp3) is 0.300. The Kier molecular flexibility index (Phi) is 4.09. The molecule has 7 heteroatoms. The van der Waals surface area contributed by atoms with Crippen molar-refractivity contribution in [3.05, 3.63) is 69.8 Å². The van der Waals surface area contributed by atoms with Crippen molar-refractivity contribution in [1.29, 1.82) is 0 Å². The Balaban J connectivity index is 1.82. The maximum absolute atomic E-state index is 13.7. The predicted octanol–water partition coefficient (Wildman–Crippen LogP) is 3.78. The van der Waals surface area contributed by atoms with Gasteiger partial charge >= 0.3 is 0 Å². The molecule has 0 amide bonds. The molecule has 1 atom stereocenters. The first-order valence-electron chi connectivity index (χ1n) is 8.72. The minimum Gasteiger partial charge on any atom is -0.294 e. The van der Waals surface area contributed by atoms with Crippen LogP contribution in [0.3, 0.4) is 0 Å². The molecule has 138 valence electrons.